The lowest BCUT2D eigenvalue weighted by molar-refractivity contribution is 0.0355. The molecule has 17 heavy (non-hydrogen) atoms. The van der Waals surface area contributed by atoms with Crippen LogP contribution in [-0.4, -0.2) is 29.3 Å². The molecule has 3 rings (SSSR count). The Morgan fingerprint density at radius 2 is 2.00 bits per heavy atom. The van der Waals surface area contributed by atoms with Crippen molar-refractivity contribution in [2.75, 3.05) is 13.1 Å². The molecule has 0 aromatic carbocycles. The summed E-state index contributed by atoms with van der Waals surface area (Å²) in [6, 6.07) is 0. The summed E-state index contributed by atoms with van der Waals surface area (Å²) in [5.41, 5.74) is 0. The lowest BCUT2D eigenvalue weighted by atomic mass is 9.98. The minimum atomic E-state index is 0.0213. The third kappa shape index (κ3) is 2.35. The number of nitrogens with zero attached hydrogens (tertiary/aromatic N) is 2. The van der Waals surface area contributed by atoms with Gasteiger partial charge in [-0.25, -0.2) is 0 Å². The number of ether oxygens (including phenoxy) is 1. The van der Waals surface area contributed by atoms with Crippen LogP contribution in [0.25, 0.3) is 0 Å². The predicted molar refractivity (Wildman–Crippen MR) is 61.7 cm³/mol. The Morgan fingerprint density at radius 3 is 2.71 bits per heavy atom. The number of rotatable bonds is 2. The smallest absolute Gasteiger partial charge is 0.255 e. The quantitative estimate of drug-likeness (QED) is 0.849. The fourth-order valence-corrected chi connectivity index (χ4v) is 2.61. The molecule has 5 nitrogen and oxygen atoms in total. The zero-order valence-electron chi connectivity index (χ0n) is 10.2. The average Bonchev–Trinajstić information content (AvgIpc) is 2.98. The van der Waals surface area contributed by atoms with Crippen LogP contribution in [0.5, 0.6) is 0 Å². The van der Waals surface area contributed by atoms with E-state index in [4.69, 9.17) is 9.26 Å². The topological polar surface area (TPSA) is 60.2 Å². The van der Waals surface area contributed by atoms with Crippen molar-refractivity contribution < 1.29 is 9.26 Å². The third-order valence-corrected chi connectivity index (χ3v) is 3.67. The van der Waals surface area contributed by atoms with E-state index >= 15 is 0 Å². The Bertz CT molecular complexity index is 354. The second kappa shape index (κ2) is 4.74. The molecule has 2 atom stereocenters. The maximum atomic E-state index is 5.74. The van der Waals surface area contributed by atoms with Crippen LogP contribution >= 0.6 is 0 Å². The van der Waals surface area contributed by atoms with Crippen LogP contribution in [0.3, 0.4) is 0 Å². The molecular weight excluding hydrogens is 218 g/mol. The van der Waals surface area contributed by atoms with Crippen molar-refractivity contribution >= 4 is 0 Å². The molecule has 2 unspecified atom stereocenters. The summed E-state index contributed by atoms with van der Waals surface area (Å²) in [5, 5.41) is 7.46. The van der Waals surface area contributed by atoms with Gasteiger partial charge >= 0.3 is 0 Å². The van der Waals surface area contributed by atoms with Gasteiger partial charge in [0.1, 0.15) is 6.10 Å². The molecule has 0 bridgehead atoms. The molecule has 0 amide bonds. The van der Waals surface area contributed by atoms with Crippen molar-refractivity contribution in [3.8, 4) is 0 Å². The Labute approximate surface area is 101 Å². The Kier molecular flexibility index (Phi) is 3.11. The van der Waals surface area contributed by atoms with Crippen LogP contribution in [0.2, 0.25) is 0 Å². The molecule has 1 aromatic heterocycles. The van der Waals surface area contributed by atoms with Gasteiger partial charge in [-0.15, -0.1) is 0 Å². The van der Waals surface area contributed by atoms with Gasteiger partial charge in [0.2, 0.25) is 0 Å². The van der Waals surface area contributed by atoms with Crippen molar-refractivity contribution in [2.24, 2.45) is 0 Å². The summed E-state index contributed by atoms with van der Waals surface area (Å²) in [4.78, 5) is 4.52. The summed E-state index contributed by atoms with van der Waals surface area (Å²) in [6.45, 7) is 4.18. The molecule has 1 aromatic rings. The SMILES string of the molecule is CC1CCC(c2nc(C3CCNCC3)no2)O1. The minimum absolute atomic E-state index is 0.0213. The van der Waals surface area contributed by atoms with E-state index in [1.165, 1.54) is 0 Å². The van der Waals surface area contributed by atoms with Gasteiger partial charge in [0.15, 0.2) is 5.82 Å². The number of aromatic nitrogens is 2. The number of piperidine rings is 1. The highest BCUT2D eigenvalue weighted by Crippen LogP contribution is 2.32. The first kappa shape index (κ1) is 11.2. The average molecular weight is 237 g/mol. The molecule has 5 heteroatoms. The zero-order chi connectivity index (χ0) is 11.7. The van der Waals surface area contributed by atoms with Crippen LogP contribution in [0.1, 0.15) is 56.3 Å². The molecule has 0 saturated carbocycles. The van der Waals surface area contributed by atoms with E-state index in [1.807, 2.05) is 0 Å². The number of hydrogen-bond acceptors (Lipinski definition) is 5. The summed E-state index contributed by atoms with van der Waals surface area (Å²) < 4.78 is 11.1. The van der Waals surface area contributed by atoms with E-state index in [2.05, 4.69) is 22.4 Å². The molecule has 0 radical (unpaired) electrons. The summed E-state index contributed by atoms with van der Waals surface area (Å²) >= 11 is 0. The lowest BCUT2D eigenvalue weighted by Crippen LogP contribution is -2.27. The first-order valence-corrected chi connectivity index (χ1v) is 6.52. The molecule has 2 fully saturated rings. The van der Waals surface area contributed by atoms with E-state index in [9.17, 15) is 0 Å². The van der Waals surface area contributed by atoms with E-state index < -0.39 is 0 Å². The van der Waals surface area contributed by atoms with E-state index in [0.717, 1.165) is 44.6 Å². The molecule has 94 valence electrons. The van der Waals surface area contributed by atoms with E-state index in [0.29, 0.717) is 17.9 Å². The minimum Gasteiger partial charge on any atom is -0.365 e. The number of hydrogen-bond donors (Lipinski definition) is 1. The van der Waals surface area contributed by atoms with Crippen LogP contribution in [-0.2, 0) is 4.74 Å². The molecule has 0 spiro atoms. The van der Waals surface area contributed by atoms with Crippen LogP contribution in [0.4, 0.5) is 0 Å². The van der Waals surface area contributed by atoms with Crippen molar-refractivity contribution in [3.63, 3.8) is 0 Å². The van der Waals surface area contributed by atoms with Gasteiger partial charge in [-0.3, -0.25) is 0 Å². The summed E-state index contributed by atoms with van der Waals surface area (Å²) in [7, 11) is 0. The normalized spacial score (nSPS) is 30.9. The number of nitrogens with one attached hydrogen (secondary N) is 1. The van der Waals surface area contributed by atoms with E-state index in [-0.39, 0.29) is 6.10 Å². The fourth-order valence-electron chi connectivity index (χ4n) is 2.61. The Morgan fingerprint density at radius 1 is 1.18 bits per heavy atom. The van der Waals surface area contributed by atoms with Gasteiger partial charge in [0.25, 0.3) is 5.89 Å². The summed E-state index contributed by atoms with van der Waals surface area (Å²) in [6.07, 6.45) is 4.61. The van der Waals surface area contributed by atoms with Gasteiger partial charge in [-0.05, 0) is 45.7 Å². The molecular formula is C12H19N3O2. The molecule has 3 heterocycles. The highest BCUT2D eigenvalue weighted by Gasteiger charge is 2.29. The second-order valence-electron chi connectivity index (χ2n) is 5.03. The van der Waals surface area contributed by atoms with Gasteiger partial charge in [0, 0.05) is 5.92 Å². The Balaban J connectivity index is 1.69. The van der Waals surface area contributed by atoms with Crippen molar-refractivity contribution in [2.45, 2.75) is 50.7 Å². The molecule has 2 saturated heterocycles. The molecule has 2 aliphatic rings. The second-order valence-corrected chi connectivity index (χ2v) is 5.03. The predicted octanol–water partition coefficient (Wildman–Crippen LogP) is 1.78. The highest BCUT2D eigenvalue weighted by atomic mass is 16.5. The van der Waals surface area contributed by atoms with Crippen LogP contribution in [0.15, 0.2) is 4.52 Å². The first-order chi connectivity index (χ1) is 8.33. The Hall–Kier alpha value is -0.940. The van der Waals surface area contributed by atoms with Gasteiger partial charge < -0.3 is 14.6 Å². The lowest BCUT2D eigenvalue weighted by Gasteiger charge is -2.19. The molecule has 0 aliphatic carbocycles. The van der Waals surface area contributed by atoms with Crippen molar-refractivity contribution in [1.29, 1.82) is 0 Å². The third-order valence-electron chi connectivity index (χ3n) is 3.67. The first-order valence-electron chi connectivity index (χ1n) is 6.52. The monoisotopic (exact) mass is 237 g/mol. The van der Waals surface area contributed by atoms with Crippen molar-refractivity contribution in [3.05, 3.63) is 11.7 Å². The van der Waals surface area contributed by atoms with Crippen LogP contribution < -0.4 is 5.32 Å². The van der Waals surface area contributed by atoms with Crippen molar-refractivity contribution in [1.82, 2.24) is 15.5 Å². The van der Waals surface area contributed by atoms with Gasteiger partial charge in [-0.2, -0.15) is 4.98 Å². The maximum Gasteiger partial charge on any atom is 0.255 e. The standard InChI is InChI=1S/C12H19N3O2/c1-8-2-3-10(16-8)12-14-11(15-17-12)9-4-6-13-7-5-9/h8-10,13H,2-7H2,1H3. The summed E-state index contributed by atoms with van der Waals surface area (Å²) in [5.74, 6) is 1.99. The van der Waals surface area contributed by atoms with E-state index in [1.54, 1.807) is 0 Å². The van der Waals surface area contributed by atoms with Gasteiger partial charge in [0.05, 0.1) is 6.10 Å². The fraction of sp³-hybridized carbons (Fsp3) is 0.833. The maximum absolute atomic E-state index is 5.74. The van der Waals surface area contributed by atoms with Gasteiger partial charge in [-0.1, -0.05) is 5.16 Å². The molecule has 2 aliphatic heterocycles. The largest absolute Gasteiger partial charge is 0.365 e. The highest BCUT2D eigenvalue weighted by molar-refractivity contribution is 5.00. The zero-order valence-corrected chi connectivity index (χ0v) is 10.2. The van der Waals surface area contributed by atoms with Crippen LogP contribution in [0, 0.1) is 0 Å². The molecule has 1 N–H and O–H groups in total.